The van der Waals surface area contributed by atoms with E-state index in [0.717, 1.165) is 32.2 Å². The summed E-state index contributed by atoms with van der Waals surface area (Å²) >= 11 is 0. The van der Waals surface area contributed by atoms with Gasteiger partial charge < -0.3 is 10.4 Å². The molecule has 1 aromatic heterocycles. The van der Waals surface area contributed by atoms with Crippen molar-refractivity contribution in [1.29, 1.82) is 0 Å². The highest BCUT2D eigenvalue weighted by Crippen LogP contribution is 2.37. The number of nitrogens with zero attached hydrogens (tertiary/aromatic N) is 4. The molecule has 1 aliphatic carbocycles. The van der Waals surface area contributed by atoms with Gasteiger partial charge >= 0.3 is 5.97 Å². The molecule has 9 heteroatoms. The van der Waals surface area contributed by atoms with Gasteiger partial charge in [0.1, 0.15) is 6.04 Å². The highest BCUT2D eigenvalue weighted by atomic mass is 16.4. The summed E-state index contributed by atoms with van der Waals surface area (Å²) in [5.74, 6) is 0.259. The lowest BCUT2D eigenvalue weighted by Gasteiger charge is -2.43. The lowest BCUT2D eigenvalue weighted by Crippen LogP contribution is -2.52. The molecule has 0 radical (unpaired) electrons. The van der Waals surface area contributed by atoms with E-state index in [9.17, 15) is 9.59 Å². The molecule has 1 aromatic rings. The number of carboxylic acids is 1. The maximum atomic E-state index is 11.3. The van der Waals surface area contributed by atoms with Crippen molar-refractivity contribution in [3.8, 4) is 0 Å². The number of tetrazole rings is 1. The topological polar surface area (TPSA) is 124 Å². The van der Waals surface area contributed by atoms with Gasteiger partial charge in [0.05, 0.1) is 0 Å². The second-order valence-corrected chi connectivity index (χ2v) is 5.75. The number of H-pyrrole nitrogens is 1. The highest BCUT2D eigenvalue weighted by Gasteiger charge is 2.39. The van der Waals surface area contributed by atoms with Crippen molar-refractivity contribution in [3.63, 3.8) is 0 Å². The third-order valence-electron chi connectivity index (χ3n) is 4.65. The summed E-state index contributed by atoms with van der Waals surface area (Å²) in [4.78, 5) is 24.0. The molecule has 2 fully saturated rings. The summed E-state index contributed by atoms with van der Waals surface area (Å²) in [5.41, 5.74) is 0. The minimum atomic E-state index is -0.805. The number of aromatic amines is 1. The van der Waals surface area contributed by atoms with Crippen LogP contribution in [-0.4, -0.2) is 56.7 Å². The lowest BCUT2D eigenvalue weighted by atomic mass is 9.71. The number of carbonyl (C=O) groups excluding carboxylic acids is 1. The zero-order valence-corrected chi connectivity index (χ0v) is 11.5. The number of aromatic nitrogens is 4. The fourth-order valence-corrected chi connectivity index (χ4v) is 3.54. The predicted octanol–water partition coefficient (Wildman–Crippen LogP) is -0.606. The van der Waals surface area contributed by atoms with Crippen molar-refractivity contribution in [2.75, 3.05) is 11.4 Å². The van der Waals surface area contributed by atoms with Crippen LogP contribution < -0.4 is 10.2 Å². The van der Waals surface area contributed by atoms with E-state index in [1.54, 1.807) is 0 Å². The van der Waals surface area contributed by atoms with Crippen molar-refractivity contribution in [3.05, 3.63) is 0 Å². The lowest BCUT2D eigenvalue weighted by molar-refractivity contribution is -0.141. The average Bonchev–Trinajstić information content (AvgIpc) is 3.01. The monoisotopic (exact) mass is 294 g/mol. The molecule has 1 aliphatic heterocycles. The van der Waals surface area contributed by atoms with Gasteiger partial charge in [0.2, 0.25) is 6.41 Å². The van der Waals surface area contributed by atoms with E-state index in [4.69, 9.17) is 5.11 Å². The van der Waals surface area contributed by atoms with Gasteiger partial charge in [-0.2, -0.15) is 5.21 Å². The molecule has 0 spiro atoms. The number of carboxylic acid groups (broad SMARTS) is 1. The number of rotatable bonds is 4. The maximum absolute atomic E-state index is 11.3. The van der Waals surface area contributed by atoms with Crippen LogP contribution in [0.1, 0.15) is 25.7 Å². The molecule has 9 nitrogen and oxygen atoms in total. The molecule has 0 aromatic carbocycles. The fraction of sp³-hybridized carbons (Fsp3) is 0.750. The first-order valence-corrected chi connectivity index (χ1v) is 7.12. The zero-order chi connectivity index (χ0) is 14.8. The van der Waals surface area contributed by atoms with Crippen LogP contribution in [0.4, 0.5) is 5.95 Å². The largest absolute Gasteiger partial charge is 0.480 e. The van der Waals surface area contributed by atoms with Gasteiger partial charge in [0.15, 0.2) is 0 Å². The zero-order valence-electron chi connectivity index (χ0n) is 11.5. The molecular formula is C12H18N6O3. The van der Waals surface area contributed by atoms with Gasteiger partial charge in [-0.05, 0) is 49.3 Å². The Labute approximate surface area is 121 Å². The summed E-state index contributed by atoms with van der Waals surface area (Å²) in [6.45, 7) is 0.734. The van der Waals surface area contributed by atoms with Crippen LogP contribution in [0.3, 0.4) is 0 Å². The third kappa shape index (κ3) is 2.73. The number of anilines is 1. The highest BCUT2D eigenvalue weighted by molar-refractivity contribution is 5.73. The van der Waals surface area contributed by atoms with E-state index >= 15 is 0 Å². The Morgan fingerprint density at radius 2 is 2.19 bits per heavy atom. The van der Waals surface area contributed by atoms with Crippen LogP contribution in [0.25, 0.3) is 0 Å². The summed E-state index contributed by atoms with van der Waals surface area (Å²) in [7, 11) is 0. The first-order chi connectivity index (χ1) is 10.2. The average molecular weight is 294 g/mol. The Hall–Kier alpha value is -2.03. The van der Waals surface area contributed by atoms with Gasteiger partial charge in [-0.25, -0.2) is 0 Å². The number of carbonyl (C=O) groups is 2. The van der Waals surface area contributed by atoms with Crippen molar-refractivity contribution in [2.24, 2.45) is 11.8 Å². The summed E-state index contributed by atoms with van der Waals surface area (Å²) in [6.07, 6.45) is 3.95. The number of aliphatic carboxylic acids is 1. The molecule has 0 bridgehead atoms. The van der Waals surface area contributed by atoms with E-state index in [-0.39, 0.29) is 12.0 Å². The second kappa shape index (κ2) is 5.76. The predicted molar refractivity (Wildman–Crippen MR) is 71.4 cm³/mol. The van der Waals surface area contributed by atoms with Gasteiger partial charge in [-0.15, -0.1) is 5.10 Å². The van der Waals surface area contributed by atoms with E-state index in [2.05, 4.69) is 25.9 Å². The standard InChI is InChI=1S/C12H18N6O3/c19-6-18(12-14-16-17-15-12)9-2-1-7-5-13-10(11(20)21)4-8(7)3-9/h6-10,13H,1-5H2,(H,20,21)(H,14,15,16,17)/t7-,8+,9-,10-/m0/s1. The van der Waals surface area contributed by atoms with E-state index in [1.165, 1.54) is 4.90 Å². The van der Waals surface area contributed by atoms with Crippen LogP contribution in [0.5, 0.6) is 0 Å². The summed E-state index contributed by atoms with van der Waals surface area (Å²) in [6, 6.07) is -0.478. The second-order valence-electron chi connectivity index (χ2n) is 5.75. The SMILES string of the molecule is O=CN(c1nn[nH]n1)[C@H]1CC[C@H]2CN[C@H](C(=O)O)C[C@H]2C1. The van der Waals surface area contributed by atoms with Crippen molar-refractivity contribution < 1.29 is 14.7 Å². The number of fused-ring (bicyclic) bond motifs is 1. The quantitative estimate of drug-likeness (QED) is 0.633. The minimum absolute atomic E-state index is 0.00824. The van der Waals surface area contributed by atoms with Crippen molar-refractivity contribution >= 4 is 18.3 Å². The molecule has 2 aliphatic rings. The molecule has 0 unspecified atom stereocenters. The molecule has 3 N–H and O–H groups in total. The summed E-state index contributed by atoms with van der Waals surface area (Å²) in [5, 5.41) is 25.7. The van der Waals surface area contributed by atoms with Gasteiger partial charge in [0.25, 0.3) is 5.95 Å². The Morgan fingerprint density at radius 3 is 2.86 bits per heavy atom. The molecule has 3 rings (SSSR count). The smallest absolute Gasteiger partial charge is 0.320 e. The van der Waals surface area contributed by atoms with Crippen LogP contribution in [0.2, 0.25) is 0 Å². The Morgan fingerprint density at radius 1 is 1.33 bits per heavy atom. The molecule has 1 amide bonds. The molecule has 4 atom stereocenters. The van der Waals surface area contributed by atoms with E-state index in [1.807, 2.05) is 0 Å². The van der Waals surface area contributed by atoms with Crippen LogP contribution in [-0.2, 0) is 9.59 Å². The fourth-order valence-electron chi connectivity index (χ4n) is 3.54. The van der Waals surface area contributed by atoms with E-state index in [0.29, 0.717) is 18.3 Å². The van der Waals surface area contributed by atoms with Crippen molar-refractivity contribution in [1.82, 2.24) is 25.9 Å². The van der Waals surface area contributed by atoms with Gasteiger partial charge in [-0.3, -0.25) is 14.5 Å². The maximum Gasteiger partial charge on any atom is 0.320 e. The Balaban J connectivity index is 1.69. The molecule has 1 saturated carbocycles. The van der Waals surface area contributed by atoms with Gasteiger partial charge in [0, 0.05) is 6.04 Å². The number of hydrogen-bond acceptors (Lipinski definition) is 6. The normalized spacial score (nSPS) is 32.2. The number of hydrogen-bond donors (Lipinski definition) is 3. The molecule has 1 saturated heterocycles. The molecular weight excluding hydrogens is 276 g/mol. The first-order valence-electron chi connectivity index (χ1n) is 7.12. The first kappa shape index (κ1) is 13.9. The Bertz CT molecular complexity index is 507. The third-order valence-corrected chi connectivity index (χ3v) is 4.65. The molecule has 114 valence electrons. The van der Waals surface area contributed by atoms with Gasteiger partial charge in [-0.1, -0.05) is 5.10 Å². The van der Waals surface area contributed by atoms with Crippen molar-refractivity contribution in [2.45, 2.75) is 37.8 Å². The summed E-state index contributed by atoms with van der Waals surface area (Å²) < 4.78 is 0. The minimum Gasteiger partial charge on any atom is -0.480 e. The number of piperidine rings is 1. The molecule has 2 heterocycles. The number of nitrogens with one attached hydrogen (secondary N) is 2. The van der Waals surface area contributed by atoms with Crippen LogP contribution >= 0.6 is 0 Å². The van der Waals surface area contributed by atoms with E-state index < -0.39 is 12.0 Å². The number of amides is 1. The van der Waals surface area contributed by atoms with Crippen LogP contribution in [0, 0.1) is 11.8 Å². The Kier molecular flexibility index (Phi) is 3.82. The molecule has 21 heavy (non-hydrogen) atoms. The van der Waals surface area contributed by atoms with Crippen LogP contribution in [0.15, 0.2) is 0 Å².